The maximum atomic E-state index is 12.8. The van der Waals surface area contributed by atoms with Crippen LogP contribution in [-0.2, 0) is 6.18 Å². The zero-order valence-electron chi connectivity index (χ0n) is 15.6. The molecule has 1 unspecified atom stereocenters. The molecule has 0 saturated heterocycles. The first-order chi connectivity index (χ1) is 13.6. The van der Waals surface area contributed by atoms with Crippen molar-refractivity contribution >= 4 is 5.78 Å². The van der Waals surface area contributed by atoms with E-state index in [0.29, 0.717) is 11.1 Å². The molecule has 150 valence electrons. The van der Waals surface area contributed by atoms with E-state index in [1.54, 1.807) is 19.9 Å². The van der Waals surface area contributed by atoms with Gasteiger partial charge in [0.15, 0.2) is 17.4 Å². The number of carbonyl (C=O) groups excluding carboxylic acids is 1. The molecule has 3 aromatic rings. The van der Waals surface area contributed by atoms with E-state index >= 15 is 0 Å². The second kappa shape index (κ2) is 7.94. The van der Waals surface area contributed by atoms with Crippen LogP contribution >= 0.6 is 0 Å². The van der Waals surface area contributed by atoms with Crippen molar-refractivity contribution in [3.63, 3.8) is 0 Å². The van der Waals surface area contributed by atoms with Gasteiger partial charge in [-0.15, -0.1) is 0 Å². The standard InChI is InChI=1S/C20H17F3N4O2/c1-11-8-13(20(21,22)23)4-5-14(11)12(2)9-16(28)15-10-17(29)27-19(26-15)18-24-6-3-7-25-18/h3-8,10,12H,9H2,1-2H3,(H,26,27,29). The van der Waals surface area contributed by atoms with E-state index in [1.807, 2.05) is 0 Å². The molecular formula is C20H17F3N4O2. The summed E-state index contributed by atoms with van der Waals surface area (Å²) in [6, 6.07) is 6.13. The van der Waals surface area contributed by atoms with Gasteiger partial charge < -0.3 is 4.98 Å². The number of benzene rings is 1. The lowest BCUT2D eigenvalue weighted by molar-refractivity contribution is -0.137. The number of H-pyrrole nitrogens is 1. The van der Waals surface area contributed by atoms with Gasteiger partial charge in [0.2, 0.25) is 0 Å². The number of aryl methyl sites for hydroxylation is 1. The number of hydrogen-bond donors (Lipinski definition) is 1. The highest BCUT2D eigenvalue weighted by atomic mass is 19.4. The van der Waals surface area contributed by atoms with Gasteiger partial charge in [-0.25, -0.2) is 15.0 Å². The summed E-state index contributed by atoms with van der Waals surface area (Å²) in [5.74, 6) is -0.520. The van der Waals surface area contributed by atoms with E-state index in [2.05, 4.69) is 19.9 Å². The molecule has 1 aromatic carbocycles. The van der Waals surface area contributed by atoms with Crippen molar-refractivity contribution in [2.75, 3.05) is 0 Å². The second-order valence-corrected chi connectivity index (χ2v) is 6.65. The van der Waals surface area contributed by atoms with Crippen LogP contribution < -0.4 is 5.56 Å². The number of aromatic nitrogens is 4. The summed E-state index contributed by atoms with van der Waals surface area (Å²) in [5.41, 5.74) is -0.238. The third-order valence-electron chi connectivity index (χ3n) is 4.42. The Hall–Kier alpha value is -3.36. The minimum Gasteiger partial charge on any atom is -0.304 e. The van der Waals surface area contributed by atoms with Crippen LogP contribution in [0.4, 0.5) is 13.2 Å². The molecule has 0 fully saturated rings. The first-order valence-corrected chi connectivity index (χ1v) is 8.75. The van der Waals surface area contributed by atoms with Crippen LogP contribution in [0.15, 0.2) is 47.5 Å². The molecule has 2 aromatic heterocycles. The van der Waals surface area contributed by atoms with E-state index < -0.39 is 23.1 Å². The van der Waals surface area contributed by atoms with Gasteiger partial charge in [0.05, 0.1) is 5.56 Å². The van der Waals surface area contributed by atoms with Crippen LogP contribution in [0.5, 0.6) is 0 Å². The summed E-state index contributed by atoms with van der Waals surface area (Å²) in [6.45, 7) is 3.31. The van der Waals surface area contributed by atoms with Crippen molar-refractivity contribution in [1.82, 2.24) is 19.9 Å². The minimum atomic E-state index is -4.42. The number of halogens is 3. The van der Waals surface area contributed by atoms with E-state index in [1.165, 1.54) is 18.5 Å². The molecule has 6 nitrogen and oxygen atoms in total. The van der Waals surface area contributed by atoms with Gasteiger partial charge in [-0.3, -0.25) is 9.59 Å². The van der Waals surface area contributed by atoms with E-state index in [0.717, 1.165) is 18.2 Å². The lowest BCUT2D eigenvalue weighted by atomic mass is 9.90. The average Bonchev–Trinajstić information content (AvgIpc) is 2.67. The predicted octanol–water partition coefficient (Wildman–Crippen LogP) is 3.93. The number of rotatable bonds is 5. The molecule has 0 amide bonds. The molecule has 0 radical (unpaired) electrons. The quantitative estimate of drug-likeness (QED) is 0.654. The molecule has 1 N–H and O–H groups in total. The topological polar surface area (TPSA) is 88.6 Å². The summed E-state index contributed by atoms with van der Waals surface area (Å²) in [4.78, 5) is 39.2. The van der Waals surface area contributed by atoms with Gasteiger partial charge in [0.1, 0.15) is 5.69 Å². The maximum absolute atomic E-state index is 12.8. The highest BCUT2D eigenvalue weighted by molar-refractivity contribution is 5.95. The summed E-state index contributed by atoms with van der Waals surface area (Å²) in [6.07, 6.45) is -1.48. The highest BCUT2D eigenvalue weighted by Gasteiger charge is 2.31. The van der Waals surface area contributed by atoms with Gasteiger partial charge in [-0.05, 0) is 42.2 Å². The summed E-state index contributed by atoms with van der Waals surface area (Å²) < 4.78 is 38.5. The fraction of sp³-hybridized carbons (Fsp3) is 0.250. The molecule has 0 saturated carbocycles. The number of hydrogen-bond acceptors (Lipinski definition) is 5. The van der Waals surface area contributed by atoms with E-state index in [-0.39, 0.29) is 29.7 Å². The van der Waals surface area contributed by atoms with Crippen LogP contribution in [0.25, 0.3) is 11.6 Å². The smallest absolute Gasteiger partial charge is 0.304 e. The average molecular weight is 402 g/mol. The number of ketones is 1. The van der Waals surface area contributed by atoms with Crippen molar-refractivity contribution in [3.05, 3.63) is 75.5 Å². The van der Waals surface area contributed by atoms with E-state index in [9.17, 15) is 22.8 Å². The molecule has 1 atom stereocenters. The Morgan fingerprint density at radius 1 is 1.17 bits per heavy atom. The van der Waals surface area contributed by atoms with Gasteiger partial charge >= 0.3 is 6.18 Å². The van der Waals surface area contributed by atoms with Crippen LogP contribution in [0, 0.1) is 6.92 Å². The Balaban J connectivity index is 1.84. The van der Waals surface area contributed by atoms with Gasteiger partial charge in [-0.1, -0.05) is 13.0 Å². The largest absolute Gasteiger partial charge is 0.416 e. The monoisotopic (exact) mass is 402 g/mol. The van der Waals surface area contributed by atoms with Crippen molar-refractivity contribution in [2.45, 2.75) is 32.4 Å². The van der Waals surface area contributed by atoms with Crippen molar-refractivity contribution in [2.24, 2.45) is 0 Å². The molecule has 0 aliphatic rings. The first-order valence-electron chi connectivity index (χ1n) is 8.75. The lowest BCUT2D eigenvalue weighted by Crippen LogP contribution is -2.16. The lowest BCUT2D eigenvalue weighted by Gasteiger charge is -2.16. The fourth-order valence-electron chi connectivity index (χ4n) is 3.03. The Morgan fingerprint density at radius 2 is 1.86 bits per heavy atom. The Kier molecular flexibility index (Phi) is 5.58. The maximum Gasteiger partial charge on any atom is 0.416 e. The summed E-state index contributed by atoms with van der Waals surface area (Å²) in [5, 5.41) is 0. The summed E-state index contributed by atoms with van der Waals surface area (Å²) >= 11 is 0. The van der Waals surface area contributed by atoms with Gasteiger partial charge in [0, 0.05) is 24.9 Å². The molecule has 0 bridgehead atoms. The Morgan fingerprint density at radius 3 is 2.48 bits per heavy atom. The van der Waals surface area contributed by atoms with Gasteiger partial charge in [-0.2, -0.15) is 13.2 Å². The van der Waals surface area contributed by atoms with Crippen LogP contribution in [0.1, 0.15) is 46.4 Å². The third kappa shape index (κ3) is 4.74. The number of nitrogens with zero attached hydrogens (tertiary/aromatic N) is 3. The van der Waals surface area contributed by atoms with Crippen LogP contribution in [0.3, 0.4) is 0 Å². The summed E-state index contributed by atoms with van der Waals surface area (Å²) in [7, 11) is 0. The molecule has 9 heteroatoms. The SMILES string of the molecule is Cc1cc(C(F)(F)F)ccc1C(C)CC(=O)c1cc(=O)[nH]c(-c2ncccn2)n1. The number of nitrogens with one attached hydrogen (secondary N) is 1. The Labute approximate surface area is 163 Å². The minimum absolute atomic E-state index is 0.0161. The predicted molar refractivity (Wildman–Crippen MR) is 99.4 cm³/mol. The molecular weight excluding hydrogens is 385 g/mol. The van der Waals surface area contributed by atoms with Crippen LogP contribution in [-0.4, -0.2) is 25.7 Å². The number of Topliss-reactive ketones (excluding diaryl/α,β-unsaturated/α-hetero) is 1. The zero-order chi connectivity index (χ0) is 21.2. The van der Waals surface area contributed by atoms with E-state index in [4.69, 9.17) is 0 Å². The fourth-order valence-corrected chi connectivity index (χ4v) is 3.03. The molecule has 0 aliphatic heterocycles. The molecule has 2 heterocycles. The highest BCUT2D eigenvalue weighted by Crippen LogP contribution is 2.33. The first kappa shape index (κ1) is 20.4. The molecule has 3 rings (SSSR count). The molecule has 0 aliphatic carbocycles. The van der Waals surface area contributed by atoms with Crippen LogP contribution in [0.2, 0.25) is 0 Å². The normalized spacial score (nSPS) is 12.6. The second-order valence-electron chi connectivity index (χ2n) is 6.65. The zero-order valence-corrected chi connectivity index (χ0v) is 15.6. The van der Waals surface area contributed by atoms with Crippen molar-refractivity contribution in [3.8, 4) is 11.6 Å². The number of carbonyl (C=O) groups is 1. The Bertz CT molecular complexity index is 1090. The van der Waals surface area contributed by atoms with Crippen molar-refractivity contribution < 1.29 is 18.0 Å². The number of alkyl halides is 3. The molecule has 29 heavy (non-hydrogen) atoms. The third-order valence-corrected chi connectivity index (χ3v) is 4.42. The number of aromatic amines is 1. The van der Waals surface area contributed by atoms with Crippen molar-refractivity contribution in [1.29, 1.82) is 0 Å². The molecule has 0 spiro atoms. The van der Waals surface area contributed by atoms with Gasteiger partial charge in [0.25, 0.3) is 5.56 Å².